The monoisotopic (exact) mass is 380 g/mol. The van der Waals surface area contributed by atoms with E-state index in [1.54, 1.807) is 6.07 Å². The molecule has 10 heteroatoms. The summed E-state index contributed by atoms with van der Waals surface area (Å²) in [6.45, 7) is -0.193. The predicted octanol–water partition coefficient (Wildman–Crippen LogP) is 0.619. The second kappa shape index (κ2) is 6.61. The molecular weight excluding hydrogens is 360 g/mol. The van der Waals surface area contributed by atoms with E-state index in [0.29, 0.717) is 9.87 Å². The molecule has 0 aliphatic carbocycles. The molecule has 9 nitrogen and oxygen atoms in total. The highest BCUT2D eigenvalue weighted by Gasteiger charge is 2.38. The number of sulfonamides is 1. The molecule has 4 amide bonds. The third kappa shape index (κ3) is 3.37. The summed E-state index contributed by atoms with van der Waals surface area (Å²) < 4.78 is 25.6. The second-order valence-electron chi connectivity index (χ2n) is 6.22. The van der Waals surface area contributed by atoms with Crippen LogP contribution in [0.15, 0.2) is 30.5 Å². The number of carbonyl (C=O) groups is 2. The molecule has 3 rings (SSSR count). The van der Waals surface area contributed by atoms with Crippen LogP contribution in [0.1, 0.15) is 11.7 Å². The van der Waals surface area contributed by atoms with Gasteiger partial charge in [0.2, 0.25) is 10.0 Å². The van der Waals surface area contributed by atoms with Crippen LogP contribution in [0.25, 0.3) is 10.9 Å². The van der Waals surface area contributed by atoms with Crippen molar-refractivity contribution in [3.05, 3.63) is 36.0 Å². The number of fused-ring (bicyclic) bond motifs is 1. The number of aliphatic hydroxyl groups excluding tert-OH is 1. The SMILES string of the molecule is Cn1ccc2cc([C@H](O)CNC(=O)N3CCN(S(C)(=O)=O)C3=O)ccc21. The smallest absolute Gasteiger partial charge is 0.341 e. The van der Waals surface area contributed by atoms with E-state index in [1.165, 1.54) is 0 Å². The lowest BCUT2D eigenvalue weighted by Gasteiger charge is -2.18. The van der Waals surface area contributed by atoms with E-state index in [2.05, 4.69) is 5.32 Å². The molecule has 0 radical (unpaired) electrons. The van der Waals surface area contributed by atoms with Gasteiger partial charge in [0.15, 0.2) is 0 Å². The summed E-state index contributed by atoms with van der Waals surface area (Å²) in [5, 5.41) is 13.7. The maximum absolute atomic E-state index is 12.1. The molecule has 0 saturated carbocycles. The van der Waals surface area contributed by atoms with Gasteiger partial charge in [-0.2, -0.15) is 0 Å². The van der Waals surface area contributed by atoms with Crippen LogP contribution < -0.4 is 5.32 Å². The Bertz CT molecular complexity index is 968. The lowest BCUT2D eigenvalue weighted by Crippen LogP contribution is -2.44. The third-order valence-electron chi connectivity index (χ3n) is 4.36. The van der Waals surface area contributed by atoms with Gasteiger partial charge in [0.25, 0.3) is 0 Å². The fraction of sp³-hybridized carbons (Fsp3) is 0.375. The zero-order chi connectivity index (χ0) is 19.1. The Kier molecular flexibility index (Phi) is 4.63. The van der Waals surface area contributed by atoms with Gasteiger partial charge in [-0.05, 0) is 29.1 Å². The van der Waals surface area contributed by atoms with Crippen LogP contribution in [0, 0.1) is 0 Å². The molecule has 140 valence electrons. The van der Waals surface area contributed by atoms with E-state index < -0.39 is 28.2 Å². The van der Waals surface area contributed by atoms with Gasteiger partial charge >= 0.3 is 12.1 Å². The summed E-state index contributed by atoms with van der Waals surface area (Å²) in [5.41, 5.74) is 1.66. The van der Waals surface area contributed by atoms with Crippen molar-refractivity contribution in [3.63, 3.8) is 0 Å². The quantitative estimate of drug-likeness (QED) is 0.808. The fourth-order valence-electron chi connectivity index (χ4n) is 2.92. The minimum atomic E-state index is -3.70. The van der Waals surface area contributed by atoms with Gasteiger partial charge in [0.1, 0.15) is 0 Å². The van der Waals surface area contributed by atoms with Gasteiger partial charge in [0, 0.05) is 25.3 Å². The summed E-state index contributed by atoms with van der Waals surface area (Å²) in [5.74, 6) is 0. The predicted molar refractivity (Wildman–Crippen MR) is 94.9 cm³/mol. The van der Waals surface area contributed by atoms with Crippen LogP contribution in [0.2, 0.25) is 0 Å². The fourth-order valence-corrected chi connectivity index (χ4v) is 3.71. The number of aromatic nitrogens is 1. The number of carbonyl (C=O) groups excluding carboxylic acids is 2. The highest BCUT2D eigenvalue weighted by Crippen LogP contribution is 2.21. The standard InChI is InChI=1S/C16H20N4O5S/c1-18-6-5-11-9-12(3-4-13(11)18)14(21)10-17-15(22)19-7-8-20(16(19)23)26(2,24)25/h3-6,9,14,21H,7-8,10H2,1-2H3,(H,17,22)/t14-/m1/s1. The molecule has 26 heavy (non-hydrogen) atoms. The number of rotatable bonds is 4. The van der Waals surface area contributed by atoms with Crippen molar-refractivity contribution in [2.45, 2.75) is 6.10 Å². The number of benzene rings is 1. The zero-order valence-corrected chi connectivity index (χ0v) is 15.2. The largest absolute Gasteiger partial charge is 0.387 e. The number of nitrogens with one attached hydrogen (secondary N) is 1. The molecule has 1 atom stereocenters. The molecular formula is C16H20N4O5S. The van der Waals surface area contributed by atoms with Crippen molar-refractivity contribution in [2.75, 3.05) is 25.9 Å². The Balaban J connectivity index is 1.62. The van der Waals surface area contributed by atoms with Crippen LogP contribution in [0.5, 0.6) is 0 Å². The molecule has 0 bridgehead atoms. The van der Waals surface area contributed by atoms with Crippen molar-refractivity contribution >= 4 is 33.0 Å². The number of hydrogen-bond acceptors (Lipinski definition) is 5. The number of aliphatic hydroxyl groups is 1. The van der Waals surface area contributed by atoms with E-state index >= 15 is 0 Å². The van der Waals surface area contributed by atoms with E-state index in [4.69, 9.17) is 0 Å². The summed E-state index contributed by atoms with van der Waals surface area (Å²) in [6.07, 6.45) is 1.87. The normalized spacial score (nSPS) is 16.3. The molecule has 2 aromatic rings. The van der Waals surface area contributed by atoms with Crippen LogP contribution in [-0.2, 0) is 17.1 Å². The number of imide groups is 1. The zero-order valence-electron chi connectivity index (χ0n) is 14.4. The minimum absolute atomic E-state index is 0.0240. The summed E-state index contributed by atoms with van der Waals surface area (Å²) in [7, 11) is -1.78. The van der Waals surface area contributed by atoms with Gasteiger partial charge in [0.05, 0.1) is 25.4 Å². The first-order valence-corrected chi connectivity index (χ1v) is 9.83. The van der Waals surface area contributed by atoms with Gasteiger partial charge in [-0.1, -0.05) is 6.07 Å². The second-order valence-corrected chi connectivity index (χ2v) is 8.12. The Morgan fingerprint density at radius 3 is 2.69 bits per heavy atom. The Hall–Kier alpha value is -2.59. The van der Waals surface area contributed by atoms with E-state index in [-0.39, 0.29) is 19.6 Å². The molecule has 0 spiro atoms. The molecule has 1 saturated heterocycles. The summed E-state index contributed by atoms with van der Waals surface area (Å²) in [4.78, 5) is 25.0. The van der Waals surface area contributed by atoms with Gasteiger partial charge in [-0.15, -0.1) is 0 Å². The highest BCUT2D eigenvalue weighted by atomic mass is 32.2. The number of hydrogen-bond donors (Lipinski definition) is 2. The van der Waals surface area contributed by atoms with E-state index in [9.17, 15) is 23.1 Å². The molecule has 2 N–H and O–H groups in total. The van der Waals surface area contributed by atoms with Crippen molar-refractivity contribution in [1.82, 2.24) is 19.1 Å². The summed E-state index contributed by atoms with van der Waals surface area (Å²) in [6, 6.07) is 5.78. The first kappa shape index (κ1) is 18.2. The lowest BCUT2D eigenvalue weighted by molar-refractivity contribution is 0.164. The van der Waals surface area contributed by atoms with Gasteiger partial charge in [-0.3, -0.25) is 0 Å². The summed E-state index contributed by atoms with van der Waals surface area (Å²) >= 11 is 0. The Morgan fingerprint density at radius 1 is 1.31 bits per heavy atom. The number of aryl methyl sites for hydroxylation is 1. The molecule has 1 aromatic heterocycles. The average molecular weight is 380 g/mol. The molecule has 0 unspecified atom stereocenters. The van der Waals surface area contributed by atoms with Crippen molar-refractivity contribution in [2.24, 2.45) is 7.05 Å². The molecule has 1 aliphatic rings. The van der Waals surface area contributed by atoms with E-state index in [0.717, 1.165) is 22.1 Å². The lowest BCUT2D eigenvalue weighted by atomic mass is 10.1. The van der Waals surface area contributed by atoms with Crippen LogP contribution in [0.3, 0.4) is 0 Å². The van der Waals surface area contributed by atoms with Crippen LogP contribution in [-0.4, -0.2) is 65.2 Å². The molecule has 2 heterocycles. The van der Waals surface area contributed by atoms with Crippen molar-refractivity contribution in [1.29, 1.82) is 0 Å². The maximum Gasteiger partial charge on any atom is 0.341 e. The molecule has 1 aromatic carbocycles. The number of urea groups is 2. The van der Waals surface area contributed by atoms with Gasteiger partial charge < -0.3 is 15.0 Å². The maximum atomic E-state index is 12.1. The third-order valence-corrected chi connectivity index (χ3v) is 5.50. The molecule has 1 fully saturated rings. The van der Waals surface area contributed by atoms with Crippen LogP contribution >= 0.6 is 0 Å². The van der Waals surface area contributed by atoms with Crippen molar-refractivity contribution < 1.29 is 23.1 Å². The molecule has 1 aliphatic heterocycles. The minimum Gasteiger partial charge on any atom is -0.387 e. The van der Waals surface area contributed by atoms with Crippen molar-refractivity contribution in [3.8, 4) is 0 Å². The number of nitrogens with zero attached hydrogens (tertiary/aromatic N) is 3. The van der Waals surface area contributed by atoms with E-state index in [1.807, 2.05) is 36.0 Å². The number of amides is 4. The first-order valence-electron chi connectivity index (χ1n) is 7.98. The Labute approximate surface area is 150 Å². The first-order chi connectivity index (χ1) is 12.2. The Morgan fingerprint density at radius 2 is 2.04 bits per heavy atom. The van der Waals surface area contributed by atoms with Crippen LogP contribution in [0.4, 0.5) is 9.59 Å². The topological polar surface area (TPSA) is 112 Å². The average Bonchev–Trinajstić information content (AvgIpc) is 3.15. The highest BCUT2D eigenvalue weighted by molar-refractivity contribution is 7.88. The van der Waals surface area contributed by atoms with Gasteiger partial charge in [-0.25, -0.2) is 27.2 Å².